The van der Waals surface area contributed by atoms with Crippen molar-refractivity contribution in [2.45, 2.75) is 212 Å². The summed E-state index contributed by atoms with van der Waals surface area (Å²) in [7, 11) is 6.75. The Morgan fingerprint density at radius 1 is 0.600 bits per heavy atom. The number of carboxylic acids is 1. The fraction of sp³-hybridized carbons (Fsp3) is 0.670. The van der Waals surface area contributed by atoms with Crippen molar-refractivity contribution >= 4 is 124 Å². The monoisotopic (exact) mass is 2000 g/mol. The van der Waals surface area contributed by atoms with Gasteiger partial charge in [0.1, 0.15) is 34.9 Å². The summed E-state index contributed by atoms with van der Waals surface area (Å²) in [6.45, 7) is 18.9. The summed E-state index contributed by atoms with van der Waals surface area (Å²) in [5, 5.41) is 38.7. The van der Waals surface area contributed by atoms with Gasteiger partial charge >= 0.3 is 17.9 Å². The fourth-order valence-corrected chi connectivity index (χ4v) is 15.0. The van der Waals surface area contributed by atoms with Crippen molar-refractivity contribution in [1.82, 2.24) is 72.4 Å². The molecule has 2 aromatic rings. The molecule has 140 heavy (non-hydrogen) atoms. The summed E-state index contributed by atoms with van der Waals surface area (Å²) in [4.78, 5) is 253. The minimum Gasteiger partial charge on any atom is -0.481 e. The van der Waals surface area contributed by atoms with Gasteiger partial charge in [-0.2, -0.15) is 0 Å². The van der Waals surface area contributed by atoms with Crippen molar-refractivity contribution in [2.24, 2.45) is 17.8 Å². The van der Waals surface area contributed by atoms with Crippen LogP contribution in [0.1, 0.15) is 185 Å². The molecule has 3 aliphatic rings. The SMILES string of the molecule is CC[C@H](C)[C@H](NC(=O)C(C)(C)N(C)C)C(=O)N(C)[C@H](C[C@@H](OC(C)=O)c1nc(C(=O)N[C@@H](Cc2ccc3c(c2)NC(=O)CCCNC(=O)[C@H](CCCCNC(=O)CCOCCOCCOCCOCCOCCOCCOCCCOCCOC)NC(=O)CCCNC(=O)[C@H](NC(=O)CCN2C(=O)C=CC2=O)[C@H](NC(=O)CCN2C(=O)C=CC2=O)C(=O)NCCCC(=O)O3)C[C@H](C)C(=O)O)cs1)C(C)C. The Morgan fingerprint density at radius 2 is 1.09 bits per heavy atom. The molecule has 0 aliphatic carbocycles. The highest BCUT2D eigenvalue weighted by atomic mass is 32.1. The lowest BCUT2D eigenvalue weighted by atomic mass is 9.92. The number of carbonyl (C=O) groups excluding carboxylic acids is 17. The fourth-order valence-electron chi connectivity index (χ4n) is 14.1. The van der Waals surface area contributed by atoms with Crippen LogP contribution in [0.25, 0.3) is 0 Å². The van der Waals surface area contributed by atoms with Crippen molar-refractivity contribution in [1.29, 1.82) is 0 Å². The van der Waals surface area contributed by atoms with E-state index < -0.39 is 175 Å². The van der Waals surface area contributed by atoms with Gasteiger partial charge in [0.2, 0.25) is 59.1 Å². The van der Waals surface area contributed by atoms with Crippen LogP contribution in [-0.2, 0) is 135 Å². The second-order valence-electron chi connectivity index (χ2n) is 34.7. The number of amides is 15. The Labute approximate surface area is 820 Å². The summed E-state index contributed by atoms with van der Waals surface area (Å²) in [5.41, 5.74) is -0.847. The van der Waals surface area contributed by atoms with Gasteiger partial charge in [-0.25, -0.2) is 4.98 Å². The summed E-state index contributed by atoms with van der Waals surface area (Å²) in [5.74, 6) is -15.7. The van der Waals surface area contributed by atoms with E-state index >= 15 is 0 Å². The van der Waals surface area contributed by atoms with E-state index in [2.05, 4.69) is 58.2 Å². The molecule has 45 nitrogen and oxygen atoms in total. The van der Waals surface area contributed by atoms with Gasteiger partial charge < -0.3 is 115 Å². The molecule has 0 saturated heterocycles. The summed E-state index contributed by atoms with van der Waals surface area (Å²) >= 11 is 1.00. The number of rotatable bonds is 60. The van der Waals surface area contributed by atoms with Gasteiger partial charge in [0.25, 0.3) is 29.5 Å². The van der Waals surface area contributed by atoms with Gasteiger partial charge in [0, 0.05) is 160 Å². The first-order chi connectivity index (χ1) is 66.8. The summed E-state index contributed by atoms with van der Waals surface area (Å²) in [6, 6.07) is -3.54. The summed E-state index contributed by atoms with van der Waals surface area (Å²) < 4.78 is 60.8. The average molecular weight is 2000 g/mol. The maximum atomic E-state index is 14.6. The van der Waals surface area contributed by atoms with Crippen LogP contribution in [0.3, 0.4) is 0 Å². The Kier molecular flexibility index (Phi) is 56.0. The first-order valence-electron chi connectivity index (χ1n) is 47.6. The lowest BCUT2D eigenvalue weighted by Gasteiger charge is -2.38. The number of imide groups is 2. The van der Waals surface area contributed by atoms with Gasteiger partial charge in [-0.05, 0) is 115 Å². The van der Waals surface area contributed by atoms with Gasteiger partial charge in [-0.3, -0.25) is 101 Å². The molecule has 9 atom stereocenters. The quantitative estimate of drug-likeness (QED) is 0.0193. The van der Waals surface area contributed by atoms with Crippen LogP contribution in [0.4, 0.5) is 5.69 Å². The lowest BCUT2D eigenvalue weighted by Crippen LogP contribution is -2.64. The topological polar surface area (TPSA) is 575 Å². The molecule has 0 saturated carbocycles. The molecular formula is C94H145N15O30S. The number of anilines is 1. The highest BCUT2D eigenvalue weighted by Crippen LogP contribution is 2.33. The van der Waals surface area contributed by atoms with Gasteiger partial charge in [-0.1, -0.05) is 47.1 Å². The number of nitrogens with one attached hydrogen (secondary N) is 10. The standard InChI is InChI=1S/C94H145N15O30S/c1-13-62(4)83(105-93(128)94(7,8)106(9)10)91(125)107(11)70(61(2)3)59-72(138-64(6)110)90-102-69(60-140-90)87(122)99-66(56-63(5)92(126)127)57-65-24-25-71-68(58-65)101-75(113)22-16-34-96-86(121)67(20-14-15-33-95-73(111)32-41-132-45-47-134-49-51-136-53-55-137-54-52-135-50-48-133-46-44-131-40-19-39-130-43-42-129-12)100-74(112)21-17-35-97-88(123)84(103-76(114)30-37-108-78(116)26-27-79(108)117)85(89(124)98-36-18-23-82(120)139-71)104-77(115)31-38-109-80(118)28-29-81(109)119/h24-29,58,60-63,66-67,70,72,83-85H,13-23,30-57,59H2,1-12H3,(H,95,111)(H,96,121)(H,97,123)(H,98,124)(H,99,122)(H,100,112)(H,101,113)(H,103,114)(H,104,115)(H,105,128)(H,126,127)/t62-,63-,66+,67-,70+,72+,83-,84+,85-/m0/s1. The first-order valence-corrected chi connectivity index (χ1v) is 48.4. The largest absolute Gasteiger partial charge is 0.481 e. The molecule has 4 heterocycles. The van der Waals surface area contributed by atoms with E-state index in [-0.39, 0.29) is 168 Å². The Balaban J connectivity index is 1.31. The predicted molar refractivity (Wildman–Crippen MR) is 507 cm³/mol. The number of methoxy groups -OCH3 is 1. The molecule has 15 amide bonds. The van der Waals surface area contributed by atoms with E-state index in [1.165, 1.54) is 42.3 Å². The number of unbranched alkanes of at least 4 members (excludes halogenated alkanes) is 1. The number of ether oxygens (including phenoxy) is 11. The third-order valence-electron chi connectivity index (χ3n) is 22.9. The van der Waals surface area contributed by atoms with Crippen LogP contribution < -0.4 is 57.9 Å². The zero-order chi connectivity index (χ0) is 103. The molecule has 3 aliphatic heterocycles. The van der Waals surface area contributed by atoms with Crippen molar-refractivity contribution in [3.63, 3.8) is 0 Å². The van der Waals surface area contributed by atoms with E-state index in [0.29, 0.717) is 111 Å². The van der Waals surface area contributed by atoms with Crippen LogP contribution in [0.15, 0.2) is 47.9 Å². The molecule has 0 spiro atoms. The second kappa shape index (κ2) is 65.7. The molecule has 1 aromatic carbocycles. The molecule has 0 unspecified atom stereocenters. The predicted octanol–water partition coefficient (Wildman–Crippen LogP) is 1.42. The molecule has 1 aromatic heterocycles. The molecular weight excluding hydrogens is 1850 g/mol. The number of fused-ring (bicyclic) bond motifs is 1. The number of benzene rings is 1. The van der Waals surface area contributed by atoms with Crippen LogP contribution in [0.5, 0.6) is 5.75 Å². The minimum absolute atomic E-state index is 0.00153. The number of thiazole rings is 1. The van der Waals surface area contributed by atoms with Crippen LogP contribution in [0, 0.1) is 17.8 Å². The van der Waals surface area contributed by atoms with Crippen molar-refractivity contribution in [3.05, 3.63) is 64.1 Å². The van der Waals surface area contributed by atoms with Gasteiger partial charge in [0.15, 0.2) is 11.9 Å². The average Bonchev–Trinajstić information content (AvgIpc) is 1.33. The van der Waals surface area contributed by atoms with E-state index in [9.17, 15) is 91.4 Å². The Hall–Kier alpha value is -11.2. The Morgan fingerprint density at radius 3 is 1.59 bits per heavy atom. The van der Waals surface area contributed by atoms with Crippen LogP contribution >= 0.6 is 11.3 Å². The number of carboxylic acid groups (broad SMARTS) is 1. The van der Waals surface area contributed by atoms with Crippen molar-refractivity contribution in [3.8, 4) is 5.75 Å². The molecule has 0 radical (unpaired) electrons. The third kappa shape index (κ3) is 45.2. The normalized spacial score (nSPS) is 17.6. The van der Waals surface area contributed by atoms with E-state index in [4.69, 9.17) is 52.1 Å². The maximum absolute atomic E-state index is 14.6. The zero-order valence-electron chi connectivity index (χ0n) is 82.6. The van der Waals surface area contributed by atoms with E-state index in [0.717, 1.165) is 51.9 Å². The minimum atomic E-state index is -2.03. The number of aliphatic carboxylic acids is 1. The third-order valence-corrected chi connectivity index (χ3v) is 23.9. The lowest BCUT2D eigenvalue weighted by molar-refractivity contribution is -0.149. The number of carbonyl (C=O) groups is 18. The molecule has 782 valence electrons. The summed E-state index contributed by atoms with van der Waals surface area (Å²) in [6.07, 6.45) is 1.92. The molecule has 0 fully saturated rings. The van der Waals surface area contributed by atoms with Gasteiger partial charge in [-0.15, -0.1) is 11.3 Å². The number of hydrogen-bond donors (Lipinski definition) is 11. The number of hydrogen-bond acceptors (Lipinski definition) is 32. The highest BCUT2D eigenvalue weighted by molar-refractivity contribution is 7.09. The molecule has 5 rings (SSSR count). The first kappa shape index (κ1) is 119. The number of likely N-dealkylation sites (N-methyl/N-ethyl adjacent to an activating group) is 2. The maximum Gasteiger partial charge on any atom is 0.311 e. The molecule has 11 N–H and O–H groups in total. The van der Waals surface area contributed by atoms with E-state index in [1.807, 2.05) is 27.7 Å². The van der Waals surface area contributed by atoms with Crippen molar-refractivity contribution < 1.29 is 144 Å². The highest BCUT2D eigenvalue weighted by Gasteiger charge is 2.41. The van der Waals surface area contributed by atoms with Gasteiger partial charge in [0.05, 0.1) is 116 Å². The van der Waals surface area contributed by atoms with Crippen LogP contribution in [-0.4, -0.2) is 358 Å². The van der Waals surface area contributed by atoms with E-state index in [1.54, 1.807) is 47.0 Å². The zero-order valence-corrected chi connectivity index (χ0v) is 83.4. The number of aromatic nitrogens is 1. The smallest absolute Gasteiger partial charge is 0.311 e. The number of esters is 2. The van der Waals surface area contributed by atoms with Crippen LogP contribution in [0.2, 0.25) is 0 Å². The molecule has 0 bridgehead atoms. The number of nitrogens with zero attached hydrogens (tertiary/aromatic N) is 5. The molecule has 46 heteroatoms. The Bertz CT molecular complexity index is 4400. The second-order valence-corrected chi connectivity index (χ2v) is 35.6. The van der Waals surface area contributed by atoms with Crippen molar-refractivity contribution in [2.75, 3.05) is 185 Å².